The van der Waals surface area contributed by atoms with Crippen LogP contribution in [0.2, 0.25) is 5.02 Å². The lowest BCUT2D eigenvalue weighted by atomic mass is 9.90. The quantitative estimate of drug-likeness (QED) is 0.764. The van der Waals surface area contributed by atoms with Crippen molar-refractivity contribution >= 4 is 17.5 Å². The summed E-state index contributed by atoms with van der Waals surface area (Å²) in [7, 11) is 0. The van der Waals surface area contributed by atoms with Gasteiger partial charge in [0.1, 0.15) is 5.82 Å². The largest absolute Gasteiger partial charge is 0.375 e. The molecule has 0 spiro atoms. The highest BCUT2D eigenvalue weighted by atomic mass is 35.5. The molecule has 2 rings (SSSR count). The molecule has 0 unspecified atom stereocenters. The molecule has 0 saturated carbocycles. The minimum Gasteiger partial charge on any atom is -0.375 e. The fourth-order valence-corrected chi connectivity index (χ4v) is 2.31. The van der Waals surface area contributed by atoms with Crippen molar-refractivity contribution in [1.82, 2.24) is 15.3 Å². The number of aromatic nitrogens is 2. The van der Waals surface area contributed by atoms with Crippen molar-refractivity contribution in [3.8, 4) is 0 Å². The first-order valence-electron chi connectivity index (χ1n) is 6.81. The second-order valence-electron chi connectivity index (χ2n) is 4.77. The fourth-order valence-electron chi connectivity index (χ4n) is 2.12. The standard InChI is InChI=1S/C15H18ClN3O2/c1-2-15(21,11-4-3-5-12(16)10-11)14(20)19-7-6-13-17-8-9-18-13/h3-5,8-10,21H,2,6-7H2,1H3,(H,17,18)(H,19,20)/t15-/m0/s1. The van der Waals surface area contributed by atoms with Crippen LogP contribution in [0.5, 0.6) is 0 Å². The van der Waals surface area contributed by atoms with Crippen LogP contribution >= 0.6 is 11.6 Å². The Morgan fingerprint density at radius 3 is 2.95 bits per heavy atom. The number of aliphatic hydroxyl groups is 1. The second-order valence-corrected chi connectivity index (χ2v) is 5.20. The third kappa shape index (κ3) is 3.62. The van der Waals surface area contributed by atoms with E-state index in [1.54, 1.807) is 43.6 Å². The van der Waals surface area contributed by atoms with Crippen molar-refractivity contribution in [3.05, 3.63) is 53.1 Å². The van der Waals surface area contributed by atoms with Crippen molar-refractivity contribution in [1.29, 1.82) is 0 Å². The van der Waals surface area contributed by atoms with E-state index in [1.807, 2.05) is 0 Å². The molecular weight excluding hydrogens is 290 g/mol. The van der Waals surface area contributed by atoms with Gasteiger partial charge in [-0.2, -0.15) is 0 Å². The predicted octanol–water partition coefficient (Wildman–Crippen LogP) is 2.02. The molecule has 1 heterocycles. The van der Waals surface area contributed by atoms with Gasteiger partial charge in [-0.05, 0) is 24.1 Å². The summed E-state index contributed by atoms with van der Waals surface area (Å²) < 4.78 is 0. The molecule has 0 aliphatic rings. The molecular formula is C15H18ClN3O2. The molecule has 2 aromatic rings. The number of H-pyrrole nitrogens is 1. The third-order valence-electron chi connectivity index (χ3n) is 3.39. The first-order valence-corrected chi connectivity index (χ1v) is 7.19. The lowest BCUT2D eigenvalue weighted by Gasteiger charge is -2.26. The van der Waals surface area contributed by atoms with Gasteiger partial charge in [0.15, 0.2) is 5.60 Å². The number of aromatic amines is 1. The van der Waals surface area contributed by atoms with Gasteiger partial charge < -0.3 is 15.4 Å². The van der Waals surface area contributed by atoms with Gasteiger partial charge in [-0.1, -0.05) is 30.7 Å². The summed E-state index contributed by atoms with van der Waals surface area (Å²) >= 11 is 5.93. The summed E-state index contributed by atoms with van der Waals surface area (Å²) in [5.74, 6) is 0.358. The molecule has 0 radical (unpaired) electrons. The minimum atomic E-state index is -1.58. The van der Waals surface area contributed by atoms with Crippen LogP contribution < -0.4 is 5.32 Å². The van der Waals surface area contributed by atoms with E-state index in [4.69, 9.17) is 11.6 Å². The lowest BCUT2D eigenvalue weighted by Crippen LogP contribution is -2.44. The Hall–Kier alpha value is -1.85. The predicted molar refractivity (Wildman–Crippen MR) is 80.9 cm³/mol. The minimum absolute atomic E-state index is 0.264. The molecule has 0 aliphatic heterocycles. The molecule has 1 aromatic carbocycles. The molecule has 1 atom stereocenters. The SMILES string of the molecule is CC[C@@](O)(C(=O)NCCc1ncc[nH]1)c1cccc(Cl)c1. The number of amides is 1. The van der Waals surface area contributed by atoms with E-state index in [1.165, 1.54) is 0 Å². The van der Waals surface area contributed by atoms with Crippen LogP contribution in [0.1, 0.15) is 24.7 Å². The summed E-state index contributed by atoms with van der Waals surface area (Å²) in [5, 5.41) is 13.9. The van der Waals surface area contributed by atoms with Crippen molar-refractivity contribution in [2.24, 2.45) is 0 Å². The van der Waals surface area contributed by atoms with Crippen LogP contribution in [0.15, 0.2) is 36.7 Å². The van der Waals surface area contributed by atoms with E-state index < -0.39 is 11.5 Å². The zero-order valence-electron chi connectivity index (χ0n) is 11.8. The Balaban J connectivity index is 2.03. The Kier molecular flexibility index (Phi) is 4.98. The Labute approximate surface area is 128 Å². The number of carbonyl (C=O) groups excluding carboxylic acids is 1. The highest BCUT2D eigenvalue weighted by molar-refractivity contribution is 6.30. The number of hydrogen-bond donors (Lipinski definition) is 3. The van der Waals surface area contributed by atoms with E-state index in [0.29, 0.717) is 23.6 Å². The van der Waals surface area contributed by atoms with E-state index in [-0.39, 0.29) is 6.42 Å². The average molecular weight is 308 g/mol. The van der Waals surface area contributed by atoms with Gasteiger partial charge in [0.25, 0.3) is 5.91 Å². The van der Waals surface area contributed by atoms with Crippen LogP contribution in [0.4, 0.5) is 0 Å². The summed E-state index contributed by atoms with van der Waals surface area (Å²) in [5.41, 5.74) is -1.08. The molecule has 1 amide bonds. The average Bonchev–Trinajstić information content (AvgIpc) is 2.99. The molecule has 0 bridgehead atoms. The number of imidazole rings is 1. The third-order valence-corrected chi connectivity index (χ3v) is 3.63. The van der Waals surface area contributed by atoms with Gasteiger partial charge in [-0.15, -0.1) is 0 Å². The number of halogens is 1. The van der Waals surface area contributed by atoms with E-state index in [0.717, 1.165) is 5.82 Å². The van der Waals surface area contributed by atoms with Gasteiger partial charge >= 0.3 is 0 Å². The molecule has 5 nitrogen and oxygen atoms in total. The maximum atomic E-state index is 12.3. The fraction of sp³-hybridized carbons (Fsp3) is 0.333. The van der Waals surface area contributed by atoms with Crippen molar-refractivity contribution < 1.29 is 9.90 Å². The second kappa shape index (κ2) is 6.74. The number of hydrogen-bond acceptors (Lipinski definition) is 3. The molecule has 21 heavy (non-hydrogen) atoms. The van der Waals surface area contributed by atoms with Crippen LogP contribution in [0.3, 0.4) is 0 Å². The summed E-state index contributed by atoms with van der Waals surface area (Å²) in [6.07, 6.45) is 4.23. The summed E-state index contributed by atoms with van der Waals surface area (Å²) in [4.78, 5) is 19.3. The van der Waals surface area contributed by atoms with Gasteiger partial charge in [-0.25, -0.2) is 4.98 Å². The van der Waals surface area contributed by atoms with Crippen LogP contribution in [-0.2, 0) is 16.8 Å². The first-order chi connectivity index (χ1) is 10.1. The summed E-state index contributed by atoms with van der Waals surface area (Å²) in [6.45, 7) is 2.15. The van der Waals surface area contributed by atoms with Crippen LogP contribution in [0, 0.1) is 0 Å². The molecule has 112 valence electrons. The van der Waals surface area contributed by atoms with Gasteiger partial charge in [0, 0.05) is 30.4 Å². The molecule has 0 fully saturated rings. The number of rotatable bonds is 6. The molecule has 3 N–H and O–H groups in total. The smallest absolute Gasteiger partial charge is 0.256 e. The maximum Gasteiger partial charge on any atom is 0.256 e. The molecule has 0 aliphatic carbocycles. The van der Waals surface area contributed by atoms with Crippen molar-refractivity contribution in [2.75, 3.05) is 6.54 Å². The van der Waals surface area contributed by atoms with Crippen molar-refractivity contribution in [2.45, 2.75) is 25.4 Å². The number of nitrogens with zero attached hydrogens (tertiary/aromatic N) is 1. The highest BCUT2D eigenvalue weighted by Crippen LogP contribution is 2.27. The number of benzene rings is 1. The van der Waals surface area contributed by atoms with Gasteiger partial charge in [0.2, 0.25) is 0 Å². The molecule has 6 heteroatoms. The Morgan fingerprint density at radius 2 is 2.33 bits per heavy atom. The van der Waals surface area contributed by atoms with Crippen molar-refractivity contribution in [3.63, 3.8) is 0 Å². The zero-order chi connectivity index (χ0) is 15.3. The Morgan fingerprint density at radius 1 is 1.52 bits per heavy atom. The van der Waals surface area contributed by atoms with Gasteiger partial charge in [0.05, 0.1) is 0 Å². The number of nitrogens with one attached hydrogen (secondary N) is 2. The van der Waals surface area contributed by atoms with E-state index in [9.17, 15) is 9.90 Å². The summed E-state index contributed by atoms with van der Waals surface area (Å²) in [6, 6.07) is 6.73. The van der Waals surface area contributed by atoms with Crippen LogP contribution in [-0.4, -0.2) is 27.5 Å². The monoisotopic (exact) mass is 307 g/mol. The zero-order valence-corrected chi connectivity index (χ0v) is 12.5. The lowest BCUT2D eigenvalue weighted by molar-refractivity contribution is -0.141. The first kappa shape index (κ1) is 15.5. The molecule has 1 aromatic heterocycles. The van der Waals surface area contributed by atoms with Crippen LogP contribution in [0.25, 0.3) is 0 Å². The maximum absolute atomic E-state index is 12.3. The normalized spacial score (nSPS) is 13.7. The van der Waals surface area contributed by atoms with E-state index >= 15 is 0 Å². The van der Waals surface area contributed by atoms with Gasteiger partial charge in [-0.3, -0.25) is 4.79 Å². The van der Waals surface area contributed by atoms with E-state index in [2.05, 4.69) is 15.3 Å². The highest BCUT2D eigenvalue weighted by Gasteiger charge is 2.35. The molecule has 0 saturated heterocycles. The Bertz CT molecular complexity index is 601. The number of carbonyl (C=O) groups is 1. The topological polar surface area (TPSA) is 78.0 Å².